The first-order valence-electron chi connectivity index (χ1n) is 15.0. The van der Waals surface area contributed by atoms with E-state index in [4.69, 9.17) is 4.98 Å². The summed E-state index contributed by atoms with van der Waals surface area (Å²) in [6, 6.07) is 37.6. The molecule has 1 N–H and O–H groups in total. The van der Waals surface area contributed by atoms with Gasteiger partial charge in [-0.15, -0.1) is 0 Å². The van der Waals surface area contributed by atoms with Crippen molar-refractivity contribution in [2.24, 2.45) is 5.41 Å². The molecular formula is C38H35N3O2. The first-order chi connectivity index (χ1) is 21.0. The average molecular weight is 566 g/mol. The van der Waals surface area contributed by atoms with E-state index in [9.17, 15) is 9.90 Å². The highest BCUT2D eigenvalue weighted by molar-refractivity contribution is 6.03. The predicted molar refractivity (Wildman–Crippen MR) is 170 cm³/mol. The largest absolute Gasteiger partial charge is 0.395 e. The second kappa shape index (κ2) is 10.5. The monoisotopic (exact) mass is 565 g/mol. The number of hydrogen-bond donors (Lipinski definition) is 1. The van der Waals surface area contributed by atoms with Crippen LogP contribution in [0.4, 0.5) is 0 Å². The Labute approximate surface area is 252 Å². The van der Waals surface area contributed by atoms with E-state index >= 15 is 0 Å². The Kier molecular flexibility index (Phi) is 6.63. The Hall–Kier alpha value is -4.74. The minimum atomic E-state index is -0.942. The molecule has 0 bridgehead atoms. The van der Waals surface area contributed by atoms with Crippen molar-refractivity contribution in [2.75, 3.05) is 6.61 Å². The van der Waals surface area contributed by atoms with Crippen molar-refractivity contribution in [1.29, 1.82) is 0 Å². The van der Waals surface area contributed by atoms with Gasteiger partial charge in [-0.1, -0.05) is 97.1 Å². The van der Waals surface area contributed by atoms with Gasteiger partial charge in [0.1, 0.15) is 5.54 Å². The summed E-state index contributed by atoms with van der Waals surface area (Å²) in [4.78, 5) is 19.4. The van der Waals surface area contributed by atoms with E-state index < -0.39 is 11.0 Å². The van der Waals surface area contributed by atoms with Crippen LogP contribution in [0.25, 0.3) is 5.52 Å². The average Bonchev–Trinajstić information content (AvgIpc) is 3.57. The highest BCUT2D eigenvalue weighted by Crippen LogP contribution is 2.44. The molecule has 0 spiro atoms. The lowest BCUT2D eigenvalue weighted by Gasteiger charge is -2.38. The van der Waals surface area contributed by atoms with Gasteiger partial charge in [0.25, 0.3) is 0 Å². The molecular weight excluding hydrogens is 530 g/mol. The number of pyridine rings is 1. The molecule has 1 atom stereocenters. The van der Waals surface area contributed by atoms with Crippen LogP contribution in [0.1, 0.15) is 56.1 Å². The van der Waals surface area contributed by atoms with Gasteiger partial charge in [0, 0.05) is 23.8 Å². The molecule has 1 unspecified atom stereocenters. The molecule has 1 aliphatic carbocycles. The highest BCUT2D eigenvalue weighted by Gasteiger charge is 2.46. The number of carbonyl (C=O) groups is 1. The molecule has 3 heterocycles. The molecule has 0 aliphatic heterocycles. The molecule has 214 valence electrons. The van der Waals surface area contributed by atoms with E-state index in [1.165, 1.54) is 0 Å². The van der Waals surface area contributed by atoms with Gasteiger partial charge in [0.15, 0.2) is 5.78 Å². The summed E-state index contributed by atoms with van der Waals surface area (Å²) in [6.45, 7) is 3.96. The first kappa shape index (κ1) is 27.1. The number of rotatable bonds is 7. The zero-order valence-electron chi connectivity index (χ0n) is 24.6. The van der Waals surface area contributed by atoms with Crippen molar-refractivity contribution in [1.82, 2.24) is 14.0 Å². The van der Waals surface area contributed by atoms with E-state index in [0.717, 1.165) is 51.1 Å². The topological polar surface area (TPSA) is 59.5 Å². The number of benzene rings is 3. The molecule has 0 fully saturated rings. The molecule has 0 saturated heterocycles. The Bertz CT molecular complexity index is 1830. The number of Topliss-reactive ketones (excluding diaryl/α,β-unsaturated/α-hetero) is 1. The quantitative estimate of drug-likeness (QED) is 0.213. The third-order valence-electron chi connectivity index (χ3n) is 9.63. The maximum absolute atomic E-state index is 14.4. The molecule has 43 heavy (non-hydrogen) atoms. The Balaban J connectivity index is 1.39. The molecule has 7 rings (SSSR count). The van der Waals surface area contributed by atoms with E-state index in [0.29, 0.717) is 18.5 Å². The molecule has 6 aromatic rings. The summed E-state index contributed by atoms with van der Waals surface area (Å²) < 4.78 is 4.26. The SMILES string of the molecule is Cc1c2c(n3ccccc13)C(=O)C(CO)(Cc1ncn(C(c3ccccc3)(c3ccccc3)c3ccccc3)c1C)CC2. The summed E-state index contributed by atoms with van der Waals surface area (Å²) in [5.41, 5.74) is 7.51. The number of carbonyl (C=O) groups excluding carboxylic acids is 1. The van der Waals surface area contributed by atoms with Crippen molar-refractivity contribution < 1.29 is 9.90 Å². The lowest BCUT2D eigenvalue weighted by molar-refractivity contribution is 0.0577. The van der Waals surface area contributed by atoms with E-state index in [-0.39, 0.29) is 12.4 Å². The number of ketones is 1. The van der Waals surface area contributed by atoms with Crippen molar-refractivity contribution in [2.45, 2.75) is 38.6 Å². The first-order valence-corrected chi connectivity index (χ1v) is 15.0. The summed E-state index contributed by atoms with van der Waals surface area (Å²) in [6.07, 6.45) is 5.57. The van der Waals surface area contributed by atoms with E-state index in [2.05, 4.69) is 97.3 Å². The van der Waals surface area contributed by atoms with Crippen molar-refractivity contribution in [3.8, 4) is 0 Å². The van der Waals surface area contributed by atoms with E-state index in [1.54, 1.807) is 0 Å². The normalized spacial score (nSPS) is 16.9. The fourth-order valence-corrected chi connectivity index (χ4v) is 7.31. The fraction of sp³-hybridized carbons (Fsp3) is 0.211. The number of imidazole rings is 1. The molecule has 3 aromatic carbocycles. The lowest BCUT2D eigenvalue weighted by atomic mass is 9.69. The number of aryl methyl sites for hydroxylation is 1. The van der Waals surface area contributed by atoms with Crippen LogP contribution >= 0.6 is 0 Å². The van der Waals surface area contributed by atoms with Gasteiger partial charge in [-0.25, -0.2) is 4.98 Å². The van der Waals surface area contributed by atoms with Crippen molar-refractivity contribution in [3.63, 3.8) is 0 Å². The fourth-order valence-electron chi connectivity index (χ4n) is 7.31. The lowest BCUT2D eigenvalue weighted by Crippen LogP contribution is -2.42. The minimum Gasteiger partial charge on any atom is -0.395 e. The molecule has 1 aliphatic rings. The van der Waals surface area contributed by atoms with Gasteiger partial charge >= 0.3 is 0 Å². The molecule has 0 saturated carbocycles. The smallest absolute Gasteiger partial charge is 0.188 e. The Morgan fingerprint density at radius 3 is 1.93 bits per heavy atom. The molecule has 3 aromatic heterocycles. The number of aromatic nitrogens is 3. The zero-order chi connectivity index (χ0) is 29.6. The summed E-state index contributed by atoms with van der Waals surface area (Å²) in [5, 5.41) is 10.9. The zero-order valence-corrected chi connectivity index (χ0v) is 24.6. The molecule has 5 heteroatoms. The van der Waals surface area contributed by atoms with Crippen LogP contribution in [-0.4, -0.2) is 31.4 Å². The van der Waals surface area contributed by atoms with Crippen LogP contribution in [0.15, 0.2) is 122 Å². The third kappa shape index (κ3) is 4.03. The van der Waals surface area contributed by atoms with Crippen molar-refractivity contribution >= 4 is 11.3 Å². The predicted octanol–water partition coefficient (Wildman–Crippen LogP) is 6.94. The van der Waals surface area contributed by atoms with Gasteiger partial charge in [0.2, 0.25) is 0 Å². The van der Waals surface area contributed by atoms with Crippen LogP contribution in [0.5, 0.6) is 0 Å². The number of aliphatic hydroxyl groups is 1. The number of hydrogen-bond acceptors (Lipinski definition) is 3. The Morgan fingerprint density at radius 2 is 1.37 bits per heavy atom. The molecule has 0 radical (unpaired) electrons. The van der Waals surface area contributed by atoms with Crippen LogP contribution in [-0.2, 0) is 18.4 Å². The van der Waals surface area contributed by atoms with Gasteiger partial charge in [0.05, 0.1) is 29.7 Å². The van der Waals surface area contributed by atoms with Gasteiger partial charge in [-0.2, -0.15) is 0 Å². The second-order valence-corrected chi connectivity index (χ2v) is 11.8. The van der Waals surface area contributed by atoms with E-state index in [1.807, 2.05) is 47.3 Å². The summed E-state index contributed by atoms with van der Waals surface area (Å²) in [7, 11) is 0. The van der Waals surface area contributed by atoms with Gasteiger partial charge in [-0.05, 0) is 66.6 Å². The number of nitrogens with zero attached hydrogens (tertiary/aromatic N) is 3. The number of aliphatic hydroxyl groups excluding tert-OH is 1. The standard InChI is InChI=1S/C38H35N3O2/c1-27-32-21-22-37(25-42,36(43)35(32)40-23-13-12-20-34(27)40)24-33-28(2)41(26-39-33)38(29-14-6-3-7-15-29,30-16-8-4-9-17-30)31-18-10-5-11-19-31/h3-20,23,26,42H,21-22,24-25H2,1-2H3. The van der Waals surface area contributed by atoms with Crippen LogP contribution in [0, 0.1) is 19.3 Å². The minimum absolute atomic E-state index is 0.0000543. The summed E-state index contributed by atoms with van der Waals surface area (Å²) >= 11 is 0. The van der Waals surface area contributed by atoms with Gasteiger partial charge < -0.3 is 14.1 Å². The van der Waals surface area contributed by atoms with Crippen LogP contribution in [0.2, 0.25) is 0 Å². The molecule has 5 nitrogen and oxygen atoms in total. The maximum atomic E-state index is 14.4. The van der Waals surface area contributed by atoms with Crippen LogP contribution in [0.3, 0.4) is 0 Å². The highest BCUT2D eigenvalue weighted by atomic mass is 16.3. The summed E-state index contributed by atoms with van der Waals surface area (Å²) in [5.74, 6) is -0.0000543. The second-order valence-electron chi connectivity index (χ2n) is 11.8. The van der Waals surface area contributed by atoms with Crippen molar-refractivity contribution in [3.05, 3.63) is 167 Å². The third-order valence-corrected chi connectivity index (χ3v) is 9.63. The van der Waals surface area contributed by atoms with Crippen LogP contribution < -0.4 is 0 Å². The Morgan fingerprint density at radius 1 is 0.814 bits per heavy atom. The molecule has 0 amide bonds. The van der Waals surface area contributed by atoms with Gasteiger partial charge in [-0.3, -0.25) is 4.79 Å². The maximum Gasteiger partial charge on any atom is 0.188 e. The number of fused-ring (bicyclic) bond motifs is 3.